The third-order valence-electron chi connectivity index (χ3n) is 3.49. The van der Waals surface area contributed by atoms with Crippen molar-refractivity contribution in [2.45, 2.75) is 31.7 Å². The smallest absolute Gasteiger partial charge is 0.180 e. The molecule has 1 atom stereocenters. The van der Waals surface area contributed by atoms with Gasteiger partial charge in [-0.3, -0.25) is 4.68 Å². The van der Waals surface area contributed by atoms with E-state index in [9.17, 15) is 8.42 Å². The molecular formula is C15H21N3O2S. The molecular weight excluding hydrogens is 286 g/mol. The molecule has 0 saturated heterocycles. The van der Waals surface area contributed by atoms with E-state index in [4.69, 9.17) is 0 Å². The predicted octanol–water partition coefficient (Wildman–Crippen LogP) is 2.70. The second-order valence-corrected chi connectivity index (χ2v) is 7.36. The quantitative estimate of drug-likeness (QED) is 0.922. The van der Waals surface area contributed by atoms with E-state index in [0.29, 0.717) is 10.6 Å². The van der Waals surface area contributed by atoms with Gasteiger partial charge in [0.2, 0.25) is 0 Å². The van der Waals surface area contributed by atoms with E-state index in [1.165, 1.54) is 0 Å². The Hall–Kier alpha value is -1.82. The Balaban J connectivity index is 2.34. The van der Waals surface area contributed by atoms with Crippen molar-refractivity contribution in [3.8, 4) is 0 Å². The van der Waals surface area contributed by atoms with Crippen molar-refractivity contribution in [2.75, 3.05) is 11.1 Å². The van der Waals surface area contributed by atoms with E-state index < -0.39 is 9.84 Å². The zero-order valence-corrected chi connectivity index (χ0v) is 13.6. The van der Waals surface area contributed by atoms with E-state index in [0.717, 1.165) is 11.3 Å². The topological polar surface area (TPSA) is 64.0 Å². The van der Waals surface area contributed by atoms with Crippen molar-refractivity contribution >= 4 is 15.5 Å². The monoisotopic (exact) mass is 307 g/mol. The van der Waals surface area contributed by atoms with Crippen LogP contribution in [-0.4, -0.2) is 24.0 Å². The van der Waals surface area contributed by atoms with Gasteiger partial charge < -0.3 is 5.32 Å². The highest BCUT2D eigenvalue weighted by atomic mass is 32.2. The normalized spacial score (nSPS) is 13.1. The average molecular weight is 307 g/mol. The van der Waals surface area contributed by atoms with Gasteiger partial charge in [0.25, 0.3) is 0 Å². The molecule has 6 heteroatoms. The number of anilines is 1. The zero-order valence-electron chi connectivity index (χ0n) is 12.8. The van der Waals surface area contributed by atoms with Crippen LogP contribution >= 0.6 is 0 Å². The number of aromatic nitrogens is 2. The van der Waals surface area contributed by atoms with E-state index in [1.54, 1.807) is 29.8 Å². The Bertz CT molecular complexity index is 735. The SMILES string of the molecule is CCS(=O)(=O)c1ccccc1NC(C)c1cn(C)nc1C. The minimum Gasteiger partial charge on any atom is -0.377 e. The zero-order chi connectivity index (χ0) is 15.6. The Morgan fingerprint density at radius 2 is 2.00 bits per heavy atom. The van der Waals surface area contributed by atoms with Gasteiger partial charge in [-0.1, -0.05) is 19.1 Å². The summed E-state index contributed by atoms with van der Waals surface area (Å²) in [7, 11) is -1.37. The summed E-state index contributed by atoms with van der Waals surface area (Å²) in [5.74, 6) is 0.0893. The van der Waals surface area contributed by atoms with Crippen LogP contribution in [0.3, 0.4) is 0 Å². The van der Waals surface area contributed by atoms with Gasteiger partial charge in [-0.15, -0.1) is 0 Å². The van der Waals surface area contributed by atoms with Gasteiger partial charge >= 0.3 is 0 Å². The second kappa shape index (κ2) is 5.89. The first-order valence-electron chi connectivity index (χ1n) is 6.93. The highest BCUT2D eigenvalue weighted by Gasteiger charge is 2.18. The largest absolute Gasteiger partial charge is 0.377 e. The van der Waals surface area contributed by atoms with Crippen LogP contribution in [0.2, 0.25) is 0 Å². The van der Waals surface area contributed by atoms with E-state index in [2.05, 4.69) is 10.4 Å². The molecule has 0 amide bonds. The number of nitrogens with zero attached hydrogens (tertiary/aromatic N) is 2. The van der Waals surface area contributed by atoms with Gasteiger partial charge in [0.15, 0.2) is 9.84 Å². The van der Waals surface area contributed by atoms with Crippen molar-refractivity contribution < 1.29 is 8.42 Å². The summed E-state index contributed by atoms with van der Waals surface area (Å²) < 4.78 is 26.1. The summed E-state index contributed by atoms with van der Waals surface area (Å²) in [6, 6.07) is 6.99. The number of hydrogen-bond acceptors (Lipinski definition) is 4. The fourth-order valence-electron chi connectivity index (χ4n) is 2.37. The minimum atomic E-state index is -3.24. The van der Waals surface area contributed by atoms with Crippen LogP contribution in [-0.2, 0) is 16.9 Å². The number of benzene rings is 1. The molecule has 1 unspecified atom stereocenters. The number of rotatable bonds is 5. The maximum Gasteiger partial charge on any atom is 0.180 e. The second-order valence-electron chi connectivity index (χ2n) is 5.11. The molecule has 0 aliphatic carbocycles. The summed E-state index contributed by atoms with van der Waals surface area (Å²) in [6.45, 7) is 5.60. The van der Waals surface area contributed by atoms with Gasteiger partial charge in [0.1, 0.15) is 0 Å². The van der Waals surface area contributed by atoms with Crippen LogP contribution in [0.5, 0.6) is 0 Å². The molecule has 0 radical (unpaired) electrons. The van der Waals surface area contributed by atoms with Crippen LogP contribution < -0.4 is 5.32 Å². The van der Waals surface area contributed by atoms with Crippen molar-refractivity contribution in [1.82, 2.24) is 9.78 Å². The molecule has 2 rings (SSSR count). The van der Waals surface area contributed by atoms with Crippen molar-refractivity contribution in [1.29, 1.82) is 0 Å². The Morgan fingerprint density at radius 1 is 1.33 bits per heavy atom. The van der Waals surface area contributed by atoms with E-state index in [1.807, 2.05) is 33.2 Å². The van der Waals surface area contributed by atoms with Gasteiger partial charge in [-0.2, -0.15) is 5.10 Å². The maximum atomic E-state index is 12.2. The van der Waals surface area contributed by atoms with Crippen molar-refractivity contribution in [3.05, 3.63) is 41.7 Å². The molecule has 1 aromatic carbocycles. The molecule has 5 nitrogen and oxygen atoms in total. The van der Waals surface area contributed by atoms with E-state index in [-0.39, 0.29) is 11.8 Å². The first kappa shape index (κ1) is 15.6. The Morgan fingerprint density at radius 3 is 2.57 bits per heavy atom. The van der Waals surface area contributed by atoms with Crippen LogP contribution in [0, 0.1) is 6.92 Å². The molecule has 0 fully saturated rings. The van der Waals surface area contributed by atoms with Crippen LogP contribution in [0.15, 0.2) is 35.4 Å². The fourth-order valence-corrected chi connectivity index (χ4v) is 3.43. The molecule has 1 N–H and O–H groups in total. The number of nitrogens with one attached hydrogen (secondary N) is 1. The van der Waals surface area contributed by atoms with E-state index >= 15 is 0 Å². The Labute approximate surface area is 125 Å². The molecule has 0 bridgehead atoms. The molecule has 0 aliphatic rings. The lowest BCUT2D eigenvalue weighted by atomic mass is 10.1. The number of aryl methyl sites for hydroxylation is 2. The van der Waals surface area contributed by atoms with Gasteiger partial charge in [0.05, 0.1) is 28.1 Å². The molecule has 114 valence electrons. The number of para-hydroxylation sites is 1. The fraction of sp³-hybridized carbons (Fsp3) is 0.400. The Kier molecular flexibility index (Phi) is 4.37. The molecule has 1 aromatic heterocycles. The minimum absolute atomic E-state index is 0.0214. The summed E-state index contributed by atoms with van der Waals surface area (Å²) in [5.41, 5.74) is 2.63. The maximum absolute atomic E-state index is 12.2. The highest BCUT2D eigenvalue weighted by Crippen LogP contribution is 2.27. The lowest BCUT2D eigenvalue weighted by Gasteiger charge is -2.17. The van der Waals surface area contributed by atoms with Crippen molar-refractivity contribution in [3.63, 3.8) is 0 Å². The number of sulfone groups is 1. The molecule has 0 spiro atoms. The predicted molar refractivity (Wildman–Crippen MR) is 84.2 cm³/mol. The molecule has 1 heterocycles. The highest BCUT2D eigenvalue weighted by molar-refractivity contribution is 7.91. The van der Waals surface area contributed by atoms with Crippen LogP contribution in [0.1, 0.15) is 31.1 Å². The summed E-state index contributed by atoms with van der Waals surface area (Å²) in [5, 5.41) is 7.61. The van der Waals surface area contributed by atoms with Gasteiger partial charge in [-0.25, -0.2) is 8.42 Å². The standard InChI is InChI=1S/C15H21N3O2S/c1-5-21(19,20)15-9-7-6-8-14(15)16-11(2)13-10-18(4)17-12(13)3/h6-11,16H,5H2,1-4H3. The third-order valence-corrected chi connectivity index (χ3v) is 5.28. The average Bonchev–Trinajstić information content (AvgIpc) is 2.78. The first-order valence-corrected chi connectivity index (χ1v) is 8.59. The molecule has 0 saturated carbocycles. The summed E-state index contributed by atoms with van der Waals surface area (Å²) in [6.07, 6.45) is 1.95. The van der Waals surface area contributed by atoms with Crippen molar-refractivity contribution in [2.24, 2.45) is 7.05 Å². The van der Waals surface area contributed by atoms with Gasteiger partial charge in [0, 0.05) is 18.8 Å². The van der Waals surface area contributed by atoms with Gasteiger partial charge in [-0.05, 0) is 26.0 Å². The van der Waals surface area contributed by atoms with Crippen LogP contribution in [0.4, 0.5) is 5.69 Å². The lowest BCUT2D eigenvalue weighted by molar-refractivity contribution is 0.597. The lowest BCUT2D eigenvalue weighted by Crippen LogP contribution is -2.12. The molecule has 0 aliphatic heterocycles. The summed E-state index contributed by atoms with van der Waals surface area (Å²) in [4.78, 5) is 0.348. The molecule has 21 heavy (non-hydrogen) atoms. The number of hydrogen-bond donors (Lipinski definition) is 1. The third kappa shape index (κ3) is 3.26. The first-order chi connectivity index (χ1) is 9.85. The summed E-state index contributed by atoms with van der Waals surface area (Å²) >= 11 is 0. The molecule has 2 aromatic rings. The van der Waals surface area contributed by atoms with Crippen LogP contribution in [0.25, 0.3) is 0 Å².